The van der Waals surface area contributed by atoms with Crippen LogP contribution < -0.4 is 0 Å². The molecule has 1 N–H and O–H groups in total. The van der Waals surface area contributed by atoms with E-state index >= 15 is 0 Å². The lowest BCUT2D eigenvalue weighted by atomic mass is 9.84. The molecule has 0 aliphatic carbocycles. The second-order valence-electron chi connectivity index (χ2n) is 6.63. The molecule has 7 heteroatoms. The fourth-order valence-corrected chi connectivity index (χ4v) is 3.33. The van der Waals surface area contributed by atoms with E-state index in [0.717, 1.165) is 10.0 Å². The minimum Gasteiger partial charge on any atom is -0.481 e. The molecule has 0 spiro atoms. The Labute approximate surface area is 177 Å². The van der Waals surface area contributed by atoms with Gasteiger partial charge in [0, 0.05) is 9.50 Å². The highest BCUT2D eigenvalue weighted by Crippen LogP contribution is 2.36. The third-order valence-electron chi connectivity index (χ3n) is 3.49. The van der Waals surface area contributed by atoms with Crippen LogP contribution in [0.4, 0.5) is 0 Å². The number of benzene rings is 2. The molecule has 0 bridgehead atoms. The molecule has 0 saturated carbocycles. The maximum Gasteiger partial charge on any atom is 0.307 e. The Balaban J connectivity index is 0.000000271. The Morgan fingerprint density at radius 3 is 2.22 bits per heavy atom. The van der Waals surface area contributed by atoms with Crippen LogP contribution in [0.1, 0.15) is 43.0 Å². The van der Waals surface area contributed by atoms with Gasteiger partial charge in [0.1, 0.15) is 0 Å². The second kappa shape index (κ2) is 9.76. The fraction of sp³-hybridized carbons (Fsp3) is 0.250. The van der Waals surface area contributed by atoms with Gasteiger partial charge in [-0.2, -0.15) is 10.5 Å². The molecule has 2 rings (SSSR count). The lowest BCUT2D eigenvalue weighted by Crippen LogP contribution is -2.14. The number of carboxylic acid groups (broad SMARTS) is 1. The van der Waals surface area contributed by atoms with E-state index < -0.39 is 5.97 Å². The summed E-state index contributed by atoms with van der Waals surface area (Å²) in [5.74, 6) is -0.938. The van der Waals surface area contributed by atoms with Gasteiger partial charge in [0.25, 0.3) is 0 Å². The summed E-state index contributed by atoms with van der Waals surface area (Å²) in [7, 11) is 0. The Morgan fingerprint density at radius 2 is 1.78 bits per heavy atom. The van der Waals surface area contributed by atoms with Gasteiger partial charge >= 0.3 is 5.97 Å². The average Bonchev–Trinajstić information content (AvgIpc) is 2.58. The number of halogens is 3. The Morgan fingerprint density at radius 1 is 1.15 bits per heavy atom. The number of carbonyl (C=O) groups is 1. The summed E-state index contributed by atoms with van der Waals surface area (Å²) in [4.78, 5) is 10.4. The molecule has 2 aromatic rings. The van der Waals surface area contributed by atoms with Gasteiger partial charge in [-0.1, -0.05) is 50.0 Å². The van der Waals surface area contributed by atoms with E-state index in [9.17, 15) is 4.79 Å². The number of aliphatic carboxylic acids is 1. The fourth-order valence-electron chi connectivity index (χ4n) is 2.30. The van der Waals surface area contributed by atoms with E-state index in [0.29, 0.717) is 26.7 Å². The molecule has 0 radical (unpaired) electrons. The molecule has 0 heterocycles. The molecule has 0 saturated heterocycles. The van der Waals surface area contributed by atoms with Gasteiger partial charge in [-0.3, -0.25) is 4.79 Å². The normalized spacial score (nSPS) is 10.2. The van der Waals surface area contributed by atoms with Crippen LogP contribution in [-0.2, 0) is 16.6 Å². The minimum absolute atomic E-state index is 0.119. The topological polar surface area (TPSA) is 84.9 Å². The number of hydrogen-bond acceptors (Lipinski definition) is 3. The zero-order chi connectivity index (χ0) is 20.8. The summed E-state index contributed by atoms with van der Waals surface area (Å²) in [6, 6.07) is 12.2. The van der Waals surface area contributed by atoms with Gasteiger partial charge in [-0.05, 0) is 56.7 Å². The van der Waals surface area contributed by atoms with Crippen molar-refractivity contribution < 1.29 is 9.90 Å². The summed E-state index contributed by atoms with van der Waals surface area (Å²) in [6.07, 6.45) is -0.120. The summed E-state index contributed by atoms with van der Waals surface area (Å²) < 4.78 is 0.836. The highest BCUT2D eigenvalue weighted by Gasteiger charge is 2.22. The van der Waals surface area contributed by atoms with Crippen molar-refractivity contribution >= 4 is 45.1 Å². The Hall–Kier alpha value is -2.05. The Kier molecular flexibility index (Phi) is 8.31. The van der Waals surface area contributed by atoms with Crippen molar-refractivity contribution in [3.8, 4) is 12.1 Å². The van der Waals surface area contributed by atoms with E-state index in [1.165, 1.54) is 6.07 Å². The number of rotatable bonds is 2. The molecular weight excluding hydrogens is 451 g/mol. The van der Waals surface area contributed by atoms with Crippen LogP contribution in [0.2, 0.25) is 10.0 Å². The average molecular weight is 468 g/mol. The van der Waals surface area contributed by atoms with Crippen LogP contribution in [0.5, 0.6) is 0 Å². The maximum atomic E-state index is 10.4. The predicted octanol–water partition coefficient (Wildman–Crippen LogP) is 6.11. The van der Waals surface area contributed by atoms with Crippen molar-refractivity contribution in [2.24, 2.45) is 0 Å². The second-order valence-corrected chi connectivity index (χ2v) is 8.27. The number of nitriles is 2. The molecule has 0 aliphatic rings. The first-order valence-electron chi connectivity index (χ1n) is 7.80. The standard InChI is InChI=1S/C11H11BrClN.C9H6ClNO2/c1-11(2,3)9-7(6-14)4-5-8(12)10(9)13;10-8-3-6(5-11)1-2-7(8)4-9(12)13/h4-5H,1-3H3;1-3H,4H2,(H,12,13). The zero-order valence-corrected chi connectivity index (χ0v) is 18.1. The molecule has 0 atom stereocenters. The predicted molar refractivity (Wildman–Crippen MR) is 110 cm³/mol. The molecule has 0 amide bonds. The smallest absolute Gasteiger partial charge is 0.307 e. The first-order chi connectivity index (χ1) is 12.5. The van der Waals surface area contributed by atoms with E-state index in [2.05, 4.69) is 22.0 Å². The quantitative estimate of drug-likeness (QED) is 0.577. The van der Waals surface area contributed by atoms with Crippen LogP contribution in [0.15, 0.2) is 34.8 Å². The Bertz CT molecular complexity index is 939. The molecule has 0 aliphatic heterocycles. The van der Waals surface area contributed by atoms with Crippen molar-refractivity contribution in [3.63, 3.8) is 0 Å². The van der Waals surface area contributed by atoms with Gasteiger partial charge in [0.05, 0.1) is 34.7 Å². The first kappa shape index (κ1) is 23.0. The van der Waals surface area contributed by atoms with Crippen molar-refractivity contribution in [1.29, 1.82) is 10.5 Å². The molecule has 2 aromatic carbocycles. The SMILES string of the molecule is CC(C)(C)c1c(C#N)ccc(Br)c1Cl.N#Cc1ccc(CC(=O)O)c(Cl)c1. The van der Waals surface area contributed by atoms with Crippen molar-refractivity contribution in [3.05, 3.63) is 67.1 Å². The zero-order valence-electron chi connectivity index (χ0n) is 15.0. The third-order valence-corrected chi connectivity index (χ3v) is 5.12. The van der Waals surface area contributed by atoms with Crippen LogP contribution in [0, 0.1) is 22.7 Å². The van der Waals surface area contributed by atoms with Crippen LogP contribution in [0.3, 0.4) is 0 Å². The highest BCUT2D eigenvalue weighted by atomic mass is 79.9. The summed E-state index contributed by atoms with van der Waals surface area (Å²) in [5.41, 5.74) is 2.38. The number of carboxylic acids is 1. The third kappa shape index (κ3) is 6.56. The van der Waals surface area contributed by atoms with Gasteiger partial charge in [-0.25, -0.2) is 0 Å². The van der Waals surface area contributed by atoms with Gasteiger partial charge in [0.2, 0.25) is 0 Å². The largest absolute Gasteiger partial charge is 0.481 e. The van der Waals surface area contributed by atoms with Crippen LogP contribution >= 0.6 is 39.1 Å². The van der Waals surface area contributed by atoms with E-state index in [1.807, 2.05) is 26.8 Å². The highest BCUT2D eigenvalue weighted by molar-refractivity contribution is 9.10. The van der Waals surface area contributed by atoms with Crippen molar-refractivity contribution in [1.82, 2.24) is 0 Å². The minimum atomic E-state index is -0.938. The van der Waals surface area contributed by atoms with Crippen LogP contribution in [-0.4, -0.2) is 11.1 Å². The van der Waals surface area contributed by atoms with E-state index in [-0.39, 0.29) is 11.8 Å². The van der Waals surface area contributed by atoms with Gasteiger partial charge < -0.3 is 5.11 Å². The van der Waals surface area contributed by atoms with E-state index in [1.54, 1.807) is 24.3 Å². The molecule has 140 valence electrons. The van der Waals surface area contributed by atoms with Crippen molar-refractivity contribution in [2.75, 3.05) is 0 Å². The lowest BCUT2D eigenvalue weighted by molar-refractivity contribution is -0.136. The number of nitrogens with zero attached hydrogens (tertiary/aromatic N) is 2. The number of hydrogen-bond donors (Lipinski definition) is 1. The van der Waals surface area contributed by atoms with Crippen molar-refractivity contribution in [2.45, 2.75) is 32.6 Å². The molecule has 27 heavy (non-hydrogen) atoms. The lowest BCUT2D eigenvalue weighted by Gasteiger charge is -2.22. The van der Waals surface area contributed by atoms with Gasteiger partial charge in [0.15, 0.2) is 0 Å². The molecule has 0 fully saturated rings. The van der Waals surface area contributed by atoms with Crippen LogP contribution in [0.25, 0.3) is 0 Å². The van der Waals surface area contributed by atoms with E-state index in [4.69, 9.17) is 38.8 Å². The summed E-state index contributed by atoms with van der Waals surface area (Å²) >= 11 is 15.3. The summed E-state index contributed by atoms with van der Waals surface area (Å²) in [5, 5.41) is 26.9. The summed E-state index contributed by atoms with van der Waals surface area (Å²) in [6.45, 7) is 6.13. The maximum absolute atomic E-state index is 10.4. The van der Waals surface area contributed by atoms with Gasteiger partial charge in [-0.15, -0.1) is 0 Å². The molecule has 4 nitrogen and oxygen atoms in total. The first-order valence-corrected chi connectivity index (χ1v) is 9.35. The monoisotopic (exact) mass is 466 g/mol. The molecular formula is C20H17BrCl2N2O2. The molecule has 0 unspecified atom stereocenters. The molecule has 0 aromatic heterocycles.